The number of carboxylic acids is 1. The smallest absolute Gasteiger partial charge is 0.336 e. The summed E-state index contributed by atoms with van der Waals surface area (Å²) in [5.74, 6) is -1.81. The lowest BCUT2D eigenvalue weighted by Gasteiger charge is -2.09. The van der Waals surface area contributed by atoms with Gasteiger partial charge in [-0.15, -0.1) is 0 Å². The molecule has 0 fully saturated rings. The number of hydrogen-bond acceptors (Lipinski definition) is 4. The largest absolute Gasteiger partial charge is 0.478 e. The molecule has 1 aromatic carbocycles. The lowest BCUT2D eigenvalue weighted by Crippen LogP contribution is -2.01. The number of carbonyl (C=O) groups is 1. The SMILES string of the molecule is Cc1nc(Sc2ccc(C(=O)O)c(Br)c2F)nc(C)c1C. The molecular weight excluding hydrogens is 359 g/mol. The van der Waals surface area contributed by atoms with Gasteiger partial charge < -0.3 is 5.11 Å². The van der Waals surface area contributed by atoms with E-state index in [2.05, 4.69) is 25.9 Å². The van der Waals surface area contributed by atoms with Gasteiger partial charge in [0, 0.05) is 11.4 Å². The molecule has 1 aromatic heterocycles. The van der Waals surface area contributed by atoms with Crippen LogP contribution in [0.2, 0.25) is 0 Å². The van der Waals surface area contributed by atoms with Crippen LogP contribution in [0.5, 0.6) is 0 Å². The fourth-order valence-electron chi connectivity index (χ4n) is 1.66. The highest BCUT2D eigenvalue weighted by Crippen LogP contribution is 2.33. The minimum absolute atomic E-state index is 0.0689. The maximum Gasteiger partial charge on any atom is 0.336 e. The van der Waals surface area contributed by atoms with Crippen molar-refractivity contribution in [2.24, 2.45) is 0 Å². The summed E-state index contributed by atoms with van der Waals surface area (Å²) in [6, 6.07) is 2.77. The minimum atomic E-state index is -1.18. The van der Waals surface area contributed by atoms with E-state index >= 15 is 0 Å². The molecular formula is C14H12BrFN2O2S. The maximum atomic E-state index is 14.2. The van der Waals surface area contributed by atoms with E-state index in [4.69, 9.17) is 5.11 Å². The zero-order valence-corrected chi connectivity index (χ0v) is 14.0. The van der Waals surface area contributed by atoms with E-state index in [1.54, 1.807) is 0 Å². The van der Waals surface area contributed by atoms with Gasteiger partial charge in [-0.3, -0.25) is 0 Å². The molecule has 0 aliphatic heterocycles. The average molecular weight is 371 g/mol. The Morgan fingerprint density at radius 1 is 1.24 bits per heavy atom. The zero-order chi connectivity index (χ0) is 15.7. The molecule has 2 aromatic rings. The van der Waals surface area contributed by atoms with Crippen LogP contribution in [0.4, 0.5) is 4.39 Å². The molecule has 0 aliphatic rings. The van der Waals surface area contributed by atoms with Gasteiger partial charge in [0.25, 0.3) is 0 Å². The Labute approximate surface area is 133 Å². The van der Waals surface area contributed by atoms with Crippen LogP contribution < -0.4 is 0 Å². The molecule has 0 bridgehead atoms. The number of halogens is 2. The number of aromatic carboxylic acids is 1. The highest BCUT2D eigenvalue weighted by atomic mass is 79.9. The van der Waals surface area contributed by atoms with E-state index in [1.807, 2.05) is 20.8 Å². The number of nitrogens with zero attached hydrogens (tertiary/aromatic N) is 2. The van der Waals surface area contributed by atoms with E-state index in [-0.39, 0.29) is 14.9 Å². The molecule has 0 radical (unpaired) electrons. The molecule has 7 heteroatoms. The highest BCUT2D eigenvalue weighted by Gasteiger charge is 2.17. The second-order valence-corrected chi connectivity index (χ2v) is 6.25. The fraction of sp³-hybridized carbons (Fsp3) is 0.214. The lowest BCUT2D eigenvalue weighted by atomic mass is 10.2. The maximum absolute atomic E-state index is 14.2. The van der Waals surface area contributed by atoms with Crippen molar-refractivity contribution in [3.8, 4) is 0 Å². The monoisotopic (exact) mass is 370 g/mol. The van der Waals surface area contributed by atoms with Crippen LogP contribution in [0, 0.1) is 26.6 Å². The predicted molar refractivity (Wildman–Crippen MR) is 81.4 cm³/mol. The van der Waals surface area contributed by atoms with Crippen LogP contribution in [0.15, 0.2) is 26.7 Å². The standard InChI is InChI=1S/C14H12BrFN2O2S/c1-6-7(2)17-14(18-8(6)3)21-10-5-4-9(13(19)20)11(15)12(10)16/h4-5H,1-3H3,(H,19,20). The van der Waals surface area contributed by atoms with Gasteiger partial charge in [-0.05, 0) is 66.2 Å². The van der Waals surface area contributed by atoms with Gasteiger partial charge in [0.05, 0.1) is 14.9 Å². The third-order valence-corrected chi connectivity index (χ3v) is 4.77. The van der Waals surface area contributed by atoms with Crippen molar-refractivity contribution >= 4 is 33.7 Å². The second kappa shape index (κ2) is 6.11. The zero-order valence-electron chi connectivity index (χ0n) is 11.6. The molecule has 1 N–H and O–H groups in total. The van der Waals surface area contributed by atoms with Crippen molar-refractivity contribution in [1.82, 2.24) is 9.97 Å². The quantitative estimate of drug-likeness (QED) is 0.822. The van der Waals surface area contributed by atoms with E-state index in [1.165, 1.54) is 12.1 Å². The minimum Gasteiger partial charge on any atom is -0.478 e. The summed E-state index contributed by atoms with van der Waals surface area (Å²) in [5, 5.41) is 9.38. The number of aromatic nitrogens is 2. The Bertz CT molecular complexity index is 714. The summed E-state index contributed by atoms with van der Waals surface area (Å²) in [7, 11) is 0. The number of benzene rings is 1. The lowest BCUT2D eigenvalue weighted by molar-refractivity contribution is 0.0695. The summed E-state index contributed by atoms with van der Waals surface area (Å²) in [5.41, 5.74) is 2.56. The van der Waals surface area contributed by atoms with Crippen molar-refractivity contribution in [2.45, 2.75) is 30.8 Å². The van der Waals surface area contributed by atoms with Gasteiger partial charge in [-0.25, -0.2) is 19.2 Å². The van der Waals surface area contributed by atoms with Crippen molar-refractivity contribution in [3.63, 3.8) is 0 Å². The molecule has 0 spiro atoms. The van der Waals surface area contributed by atoms with Crippen molar-refractivity contribution in [3.05, 3.63) is 44.9 Å². The van der Waals surface area contributed by atoms with Crippen molar-refractivity contribution in [2.75, 3.05) is 0 Å². The number of hydrogen-bond donors (Lipinski definition) is 1. The highest BCUT2D eigenvalue weighted by molar-refractivity contribution is 9.10. The van der Waals surface area contributed by atoms with Gasteiger partial charge in [0.15, 0.2) is 11.0 Å². The first-order valence-electron chi connectivity index (χ1n) is 6.02. The molecule has 1 heterocycles. The summed E-state index contributed by atoms with van der Waals surface area (Å²) in [4.78, 5) is 19.8. The Balaban J connectivity index is 2.41. The van der Waals surface area contributed by atoms with Crippen LogP contribution >= 0.6 is 27.7 Å². The fourth-order valence-corrected chi connectivity index (χ4v) is 3.20. The third kappa shape index (κ3) is 3.24. The molecule has 0 saturated heterocycles. The number of rotatable bonds is 3. The number of carboxylic acid groups (broad SMARTS) is 1. The van der Waals surface area contributed by atoms with Crippen molar-refractivity contribution < 1.29 is 14.3 Å². The third-order valence-electron chi connectivity index (χ3n) is 3.09. The van der Waals surface area contributed by atoms with Crippen LogP contribution in [0.25, 0.3) is 0 Å². The van der Waals surface area contributed by atoms with Gasteiger partial charge in [0.1, 0.15) is 0 Å². The summed E-state index contributed by atoms with van der Waals surface area (Å²) >= 11 is 4.04. The second-order valence-electron chi connectivity index (χ2n) is 4.45. The Hall–Kier alpha value is -1.47. The van der Waals surface area contributed by atoms with E-state index in [9.17, 15) is 9.18 Å². The number of aryl methyl sites for hydroxylation is 2. The first-order valence-corrected chi connectivity index (χ1v) is 7.63. The van der Waals surface area contributed by atoms with E-state index in [0.717, 1.165) is 28.7 Å². The normalized spacial score (nSPS) is 10.7. The van der Waals surface area contributed by atoms with E-state index in [0.29, 0.717) is 5.16 Å². The molecule has 0 unspecified atom stereocenters. The topological polar surface area (TPSA) is 63.1 Å². The summed E-state index contributed by atoms with van der Waals surface area (Å²) < 4.78 is 14.1. The molecule has 21 heavy (non-hydrogen) atoms. The van der Waals surface area contributed by atoms with E-state index < -0.39 is 11.8 Å². The van der Waals surface area contributed by atoms with Crippen LogP contribution in [0.3, 0.4) is 0 Å². The van der Waals surface area contributed by atoms with Gasteiger partial charge in [0.2, 0.25) is 0 Å². The predicted octanol–water partition coefficient (Wildman–Crippen LogP) is 4.15. The Morgan fingerprint density at radius 3 is 2.33 bits per heavy atom. The van der Waals surface area contributed by atoms with Crippen LogP contribution in [0.1, 0.15) is 27.3 Å². The molecule has 0 saturated carbocycles. The molecule has 4 nitrogen and oxygen atoms in total. The van der Waals surface area contributed by atoms with Crippen LogP contribution in [-0.2, 0) is 0 Å². The van der Waals surface area contributed by atoms with Gasteiger partial charge in [-0.2, -0.15) is 0 Å². The average Bonchev–Trinajstić information content (AvgIpc) is 2.41. The molecule has 0 atom stereocenters. The summed E-state index contributed by atoms with van der Waals surface area (Å²) in [6.07, 6.45) is 0. The Morgan fingerprint density at radius 2 is 1.81 bits per heavy atom. The first-order chi connectivity index (χ1) is 9.81. The summed E-state index contributed by atoms with van der Waals surface area (Å²) in [6.45, 7) is 5.67. The van der Waals surface area contributed by atoms with Gasteiger partial charge >= 0.3 is 5.97 Å². The van der Waals surface area contributed by atoms with Gasteiger partial charge in [-0.1, -0.05) is 0 Å². The molecule has 2 rings (SSSR count). The molecule has 0 amide bonds. The first kappa shape index (κ1) is 15.9. The molecule has 0 aliphatic carbocycles. The van der Waals surface area contributed by atoms with Crippen molar-refractivity contribution in [1.29, 1.82) is 0 Å². The molecule has 110 valence electrons. The Kier molecular flexibility index (Phi) is 4.63. The van der Waals surface area contributed by atoms with Crippen LogP contribution in [-0.4, -0.2) is 21.0 Å².